The van der Waals surface area contributed by atoms with Crippen LogP contribution in [0, 0.1) is 12.3 Å². The first-order chi connectivity index (χ1) is 4.34. The molecule has 0 amide bonds. The fraction of sp³-hybridized carbons (Fsp3) is 0.714. The predicted molar refractivity (Wildman–Crippen MR) is 40.5 cm³/mol. The summed E-state index contributed by atoms with van der Waals surface area (Å²) in [7, 11) is 0. The van der Waals surface area contributed by atoms with Gasteiger partial charge in [-0.15, -0.1) is 6.42 Å². The highest BCUT2D eigenvalue weighted by Crippen LogP contribution is 2.19. The first kappa shape index (κ1) is 7.11. The second-order valence-corrected chi connectivity index (χ2v) is 3.29. The van der Waals surface area contributed by atoms with E-state index < -0.39 is 0 Å². The number of hydrogen-bond acceptors (Lipinski definition) is 1. The lowest BCUT2D eigenvalue weighted by Crippen LogP contribution is -2.27. The minimum Gasteiger partial charge on any atom is -0.364 e. The third-order valence-electron chi connectivity index (χ3n) is 1.41. The molecule has 0 aromatic carbocycles. The molecule has 50 valence electrons. The lowest BCUT2D eigenvalue weighted by atomic mass is 10.1. The normalized spacial score (nSPS) is 35.6. The van der Waals surface area contributed by atoms with E-state index in [4.69, 9.17) is 11.2 Å². The molecule has 1 rings (SSSR count). The van der Waals surface area contributed by atoms with Crippen LogP contribution in [0.3, 0.4) is 0 Å². The summed E-state index contributed by atoms with van der Waals surface area (Å²) < 4.78 is 5.26. The van der Waals surface area contributed by atoms with E-state index in [0.29, 0.717) is 4.83 Å². The topological polar surface area (TPSA) is 9.23 Å². The first-order valence-electron chi connectivity index (χ1n) is 3.06. The van der Waals surface area contributed by atoms with Gasteiger partial charge in [0, 0.05) is 6.61 Å². The molecule has 0 saturated carbocycles. The minimum absolute atomic E-state index is 0.00116. The van der Waals surface area contributed by atoms with Crippen LogP contribution in [0.5, 0.6) is 0 Å². The highest BCUT2D eigenvalue weighted by atomic mass is 79.9. The molecule has 0 aromatic rings. The maximum absolute atomic E-state index is 5.26. The molecule has 0 aromatic heterocycles. The van der Waals surface area contributed by atoms with Gasteiger partial charge in [-0.3, -0.25) is 0 Å². The molecule has 1 fully saturated rings. The number of alkyl halides is 1. The van der Waals surface area contributed by atoms with Crippen molar-refractivity contribution in [2.45, 2.75) is 23.8 Å². The number of hydrogen-bond donors (Lipinski definition) is 0. The quantitative estimate of drug-likeness (QED) is 0.415. The second kappa shape index (κ2) is 3.24. The molecule has 2 atom stereocenters. The van der Waals surface area contributed by atoms with Crippen LogP contribution in [0.2, 0.25) is 0 Å². The average Bonchev–Trinajstić information content (AvgIpc) is 1.89. The Balaban J connectivity index is 2.41. The number of rotatable bonds is 0. The van der Waals surface area contributed by atoms with Gasteiger partial charge >= 0.3 is 0 Å². The van der Waals surface area contributed by atoms with Gasteiger partial charge in [0.25, 0.3) is 0 Å². The summed E-state index contributed by atoms with van der Waals surface area (Å²) in [5, 5.41) is 0. The molecule has 1 aliphatic rings. The first-order valence-corrected chi connectivity index (χ1v) is 3.98. The van der Waals surface area contributed by atoms with E-state index in [1.807, 2.05) is 0 Å². The Hall–Kier alpha value is 0. The van der Waals surface area contributed by atoms with E-state index in [2.05, 4.69) is 21.9 Å². The monoisotopic (exact) mass is 188 g/mol. The van der Waals surface area contributed by atoms with Crippen molar-refractivity contribution in [3.05, 3.63) is 0 Å². The number of halogens is 1. The third kappa shape index (κ3) is 1.70. The lowest BCUT2D eigenvalue weighted by Gasteiger charge is -2.22. The number of terminal acetylenes is 1. The van der Waals surface area contributed by atoms with Crippen LogP contribution < -0.4 is 0 Å². The van der Waals surface area contributed by atoms with Crippen molar-refractivity contribution in [3.8, 4) is 12.3 Å². The molecule has 0 radical (unpaired) electrons. The fourth-order valence-corrected chi connectivity index (χ4v) is 1.53. The molecule has 9 heavy (non-hydrogen) atoms. The maximum atomic E-state index is 5.26. The molecular formula is C7H9BrO. The Morgan fingerprint density at radius 2 is 2.44 bits per heavy atom. The van der Waals surface area contributed by atoms with E-state index in [-0.39, 0.29) is 6.10 Å². The van der Waals surface area contributed by atoms with E-state index >= 15 is 0 Å². The average molecular weight is 189 g/mol. The van der Waals surface area contributed by atoms with Crippen LogP contribution in [0.25, 0.3) is 0 Å². The van der Waals surface area contributed by atoms with Crippen LogP contribution in [-0.2, 0) is 4.74 Å². The Morgan fingerprint density at radius 3 is 2.89 bits per heavy atom. The van der Waals surface area contributed by atoms with Crippen LogP contribution in [0.4, 0.5) is 0 Å². The Morgan fingerprint density at radius 1 is 1.67 bits per heavy atom. The standard InChI is InChI=1S/C7H9BrO/c1-2-7-6(8)4-3-5-9-7/h1,6-7H,3-5H2/t6-,7+/m1/s1. The molecule has 0 unspecified atom stereocenters. The zero-order valence-corrected chi connectivity index (χ0v) is 6.73. The third-order valence-corrected chi connectivity index (χ3v) is 2.35. The summed E-state index contributed by atoms with van der Waals surface area (Å²) in [4.78, 5) is 0.372. The molecule has 1 heterocycles. The lowest BCUT2D eigenvalue weighted by molar-refractivity contribution is 0.0591. The largest absolute Gasteiger partial charge is 0.364 e. The molecule has 0 aliphatic carbocycles. The molecule has 1 saturated heterocycles. The Bertz CT molecular complexity index is 127. The summed E-state index contributed by atoms with van der Waals surface area (Å²) in [5.41, 5.74) is 0. The van der Waals surface area contributed by atoms with Crippen LogP contribution in [-0.4, -0.2) is 17.5 Å². The van der Waals surface area contributed by atoms with E-state index in [1.54, 1.807) is 0 Å². The van der Waals surface area contributed by atoms with Crippen molar-refractivity contribution >= 4 is 15.9 Å². The van der Waals surface area contributed by atoms with Gasteiger partial charge < -0.3 is 4.74 Å². The van der Waals surface area contributed by atoms with Gasteiger partial charge in [-0.2, -0.15) is 0 Å². The summed E-state index contributed by atoms with van der Waals surface area (Å²) in [5.74, 6) is 2.58. The van der Waals surface area contributed by atoms with Crippen molar-refractivity contribution in [2.75, 3.05) is 6.61 Å². The SMILES string of the molecule is C#C[C@@H]1OCCC[C@H]1Br. The molecule has 2 heteroatoms. The van der Waals surface area contributed by atoms with Crippen molar-refractivity contribution in [3.63, 3.8) is 0 Å². The van der Waals surface area contributed by atoms with Crippen LogP contribution >= 0.6 is 15.9 Å². The highest BCUT2D eigenvalue weighted by molar-refractivity contribution is 9.09. The van der Waals surface area contributed by atoms with Gasteiger partial charge in [0.15, 0.2) is 0 Å². The summed E-state index contributed by atoms with van der Waals surface area (Å²) in [6.45, 7) is 0.816. The van der Waals surface area contributed by atoms with Crippen LogP contribution in [0.1, 0.15) is 12.8 Å². The Labute approximate surface area is 63.9 Å². The van der Waals surface area contributed by atoms with Gasteiger partial charge in [0.2, 0.25) is 0 Å². The Kier molecular flexibility index (Phi) is 2.56. The summed E-state index contributed by atoms with van der Waals surface area (Å²) >= 11 is 3.45. The molecule has 0 bridgehead atoms. The van der Waals surface area contributed by atoms with Gasteiger partial charge in [-0.05, 0) is 12.8 Å². The summed E-state index contributed by atoms with van der Waals surface area (Å²) in [6.07, 6.45) is 7.44. The zero-order chi connectivity index (χ0) is 6.69. The fourth-order valence-electron chi connectivity index (χ4n) is 0.897. The van der Waals surface area contributed by atoms with Gasteiger partial charge in [0.05, 0.1) is 4.83 Å². The smallest absolute Gasteiger partial charge is 0.130 e. The van der Waals surface area contributed by atoms with Crippen molar-refractivity contribution < 1.29 is 4.74 Å². The minimum atomic E-state index is -0.00116. The van der Waals surface area contributed by atoms with Gasteiger partial charge in [-0.25, -0.2) is 0 Å². The number of ether oxygens (including phenoxy) is 1. The van der Waals surface area contributed by atoms with Crippen molar-refractivity contribution in [1.29, 1.82) is 0 Å². The second-order valence-electron chi connectivity index (χ2n) is 2.12. The summed E-state index contributed by atoms with van der Waals surface area (Å²) in [6, 6.07) is 0. The molecular weight excluding hydrogens is 180 g/mol. The zero-order valence-electron chi connectivity index (χ0n) is 5.14. The highest BCUT2D eigenvalue weighted by Gasteiger charge is 2.20. The van der Waals surface area contributed by atoms with Gasteiger partial charge in [-0.1, -0.05) is 21.9 Å². The molecule has 1 aliphatic heterocycles. The van der Waals surface area contributed by atoms with E-state index in [1.165, 1.54) is 0 Å². The van der Waals surface area contributed by atoms with Crippen LogP contribution in [0.15, 0.2) is 0 Å². The molecule has 0 N–H and O–H groups in total. The predicted octanol–water partition coefficient (Wildman–Crippen LogP) is 1.56. The van der Waals surface area contributed by atoms with Crippen molar-refractivity contribution in [1.82, 2.24) is 0 Å². The maximum Gasteiger partial charge on any atom is 0.130 e. The molecule has 0 spiro atoms. The van der Waals surface area contributed by atoms with E-state index in [9.17, 15) is 0 Å². The van der Waals surface area contributed by atoms with E-state index in [0.717, 1.165) is 19.4 Å². The molecule has 1 nitrogen and oxygen atoms in total. The van der Waals surface area contributed by atoms with Crippen molar-refractivity contribution in [2.24, 2.45) is 0 Å². The van der Waals surface area contributed by atoms with Gasteiger partial charge in [0.1, 0.15) is 6.10 Å².